The largest absolute Gasteiger partial charge is 0.335 e. The van der Waals surface area contributed by atoms with Crippen molar-refractivity contribution in [3.8, 4) is 11.4 Å². The molecule has 128 valence electrons. The summed E-state index contributed by atoms with van der Waals surface area (Å²) in [7, 11) is 0. The van der Waals surface area contributed by atoms with Crippen molar-refractivity contribution in [2.45, 2.75) is 12.1 Å². The molecule has 1 aromatic heterocycles. The lowest BCUT2D eigenvalue weighted by atomic mass is 10.1. The van der Waals surface area contributed by atoms with Gasteiger partial charge < -0.3 is 11.2 Å². The number of hydrogen-bond donors (Lipinski definition) is 2. The summed E-state index contributed by atoms with van der Waals surface area (Å²) in [5.74, 6) is 6.61. The van der Waals surface area contributed by atoms with Gasteiger partial charge in [-0.2, -0.15) is 0 Å². The van der Waals surface area contributed by atoms with Crippen molar-refractivity contribution in [1.29, 1.82) is 0 Å². The highest BCUT2D eigenvalue weighted by Gasteiger charge is 2.14. The summed E-state index contributed by atoms with van der Waals surface area (Å²) >= 11 is 7.12. The zero-order valence-corrected chi connectivity index (χ0v) is 15.0. The second kappa shape index (κ2) is 7.58. The number of halogens is 1. The number of nitrogens with two attached hydrogens (primary N) is 1. The standard InChI is InChI=1S/C17H16ClN5OS/c1-11-4-2-5-12(8-11)16-21-22-17(23(16)19)25-10-15(24)20-14-7-3-6-13(18)9-14/h2-9H,10,19H2,1H3,(H,20,24). The van der Waals surface area contributed by atoms with Gasteiger partial charge in [0.15, 0.2) is 5.82 Å². The van der Waals surface area contributed by atoms with Gasteiger partial charge in [0.25, 0.3) is 0 Å². The van der Waals surface area contributed by atoms with Gasteiger partial charge in [0, 0.05) is 16.3 Å². The molecule has 0 unspecified atom stereocenters. The van der Waals surface area contributed by atoms with Crippen LogP contribution in [0, 0.1) is 6.92 Å². The summed E-state index contributed by atoms with van der Waals surface area (Å²) in [5.41, 5.74) is 2.63. The zero-order chi connectivity index (χ0) is 17.8. The second-order valence-electron chi connectivity index (χ2n) is 5.39. The van der Waals surface area contributed by atoms with Crippen LogP contribution in [0.3, 0.4) is 0 Å². The Morgan fingerprint density at radius 2 is 2.04 bits per heavy atom. The van der Waals surface area contributed by atoms with Crippen LogP contribution in [0.5, 0.6) is 0 Å². The number of amides is 1. The van der Waals surface area contributed by atoms with Gasteiger partial charge in [-0.05, 0) is 31.2 Å². The van der Waals surface area contributed by atoms with Crippen LogP contribution in [-0.4, -0.2) is 26.5 Å². The molecule has 3 rings (SSSR count). The number of thioether (sulfide) groups is 1. The Kier molecular flexibility index (Phi) is 5.25. The Labute approximate surface area is 154 Å². The van der Waals surface area contributed by atoms with Crippen LogP contribution in [0.2, 0.25) is 5.02 Å². The molecule has 0 fully saturated rings. The highest BCUT2D eigenvalue weighted by atomic mass is 35.5. The summed E-state index contributed by atoms with van der Waals surface area (Å²) in [5, 5.41) is 12.0. The van der Waals surface area contributed by atoms with Gasteiger partial charge in [-0.15, -0.1) is 10.2 Å². The third-order valence-corrected chi connectivity index (χ3v) is 4.56. The first-order valence-electron chi connectivity index (χ1n) is 7.48. The van der Waals surface area contributed by atoms with Gasteiger partial charge in [-0.1, -0.05) is 53.2 Å². The number of carbonyl (C=O) groups is 1. The lowest BCUT2D eigenvalue weighted by Crippen LogP contribution is -2.16. The van der Waals surface area contributed by atoms with Gasteiger partial charge in [-0.3, -0.25) is 4.79 Å². The molecule has 0 spiro atoms. The van der Waals surface area contributed by atoms with Crippen molar-refractivity contribution in [1.82, 2.24) is 14.9 Å². The number of nitrogens with zero attached hydrogens (tertiary/aromatic N) is 3. The fraction of sp³-hybridized carbons (Fsp3) is 0.118. The molecule has 1 amide bonds. The van der Waals surface area contributed by atoms with Crippen molar-refractivity contribution < 1.29 is 4.79 Å². The van der Waals surface area contributed by atoms with E-state index in [1.54, 1.807) is 24.3 Å². The van der Waals surface area contributed by atoms with Crippen molar-refractivity contribution >= 4 is 35.0 Å². The van der Waals surface area contributed by atoms with Crippen LogP contribution < -0.4 is 11.2 Å². The summed E-state index contributed by atoms with van der Waals surface area (Å²) in [4.78, 5) is 12.1. The van der Waals surface area contributed by atoms with E-state index in [1.165, 1.54) is 16.4 Å². The molecule has 0 bridgehead atoms. The van der Waals surface area contributed by atoms with Gasteiger partial charge in [0.05, 0.1) is 5.75 Å². The molecular weight excluding hydrogens is 358 g/mol. The monoisotopic (exact) mass is 373 g/mol. The maximum Gasteiger partial charge on any atom is 0.234 e. The molecule has 3 N–H and O–H groups in total. The van der Waals surface area contributed by atoms with Crippen LogP contribution in [-0.2, 0) is 4.79 Å². The van der Waals surface area contributed by atoms with Crippen LogP contribution in [0.25, 0.3) is 11.4 Å². The van der Waals surface area contributed by atoms with Crippen LogP contribution in [0.15, 0.2) is 53.7 Å². The first kappa shape index (κ1) is 17.3. The zero-order valence-electron chi connectivity index (χ0n) is 13.4. The number of hydrogen-bond acceptors (Lipinski definition) is 5. The number of aromatic nitrogens is 3. The summed E-state index contributed by atoms with van der Waals surface area (Å²) in [6.45, 7) is 2.00. The molecule has 25 heavy (non-hydrogen) atoms. The molecule has 0 saturated carbocycles. The maximum atomic E-state index is 12.1. The average Bonchev–Trinajstić information content (AvgIpc) is 2.94. The quantitative estimate of drug-likeness (QED) is 0.529. The molecule has 2 aromatic carbocycles. The Bertz CT molecular complexity index is 912. The van der Waals surface area contributed by atoms with Crippen LogP contribution >= 0.6 is 23.4 Å². The molecule has 8 heteroatoms. The van der Waals surface area contributed by atoms with E-state index >= 15 is 0 Å². The molecule has 0 saturated heterocycles. The summed E-state index contributed by atoms with van der Waals surface area (Å²) in [6.07, 6.45) is 0. The van der Waals surface area contributed by atoms with E-state index in [2.05, 4.69) is 15.5 Å². The molecular formula is C17H16ClN5OS. The molecule has 0 aliphatic heterocycles. The van der Waals surface area contributed by atoms with E-state index in [0.29, 0.717) is 21.7 Å². The van der Waals surface area contributed by atoms with Gasteiger partial charge in [0.1, 0.15) is 0 Å². The normalized spacial score (nSPS) is 10.6. The lowest BCUT2D eigenvalue weighted by Gasteiger charge is -2.06. The van der Waals surface area contributed by atoms with Gasteiger partial charge >= 0.3 is 0 Å². The number of nitrogens with one attached hydrogen (secondary N) is 1. The third-order valence-electron chi connectivity index (χ3n) is 3.38. The maximum absolute atomic E-state index is 12.1. The predicted octanol–water partition coefficient (Wildman–Crippen LogP) is 3.35. The van der Waals surface area contributed by atoms with Crippen LogP contribution in [0.1, 0.15) is 5.56 Å². The molecule has 0 atom stereocenters. The summed E-state index contributed by atoms with van der Waals surface area (Å²) in [6, 6.07) is 14.8. The fourth-order valence-corrected chi connectivity index (χ4v) is 3.10. The Morgan fingerprint density at radius 3 is 2.80 bits per heavy atom. The second-order valence-corrected chi connectivity index (χ2v) is 6.77. The molecule has 1 heterocycles. The van der Waals surface area contributed by atoms with Gasteiger partial charge in [-0.25, -0.2) is 4.68 Å². The number of carbonyl (C=O) groups excluding carboxylic acids is 1. The van der Waals surface area contributed by atoms with Gasteiger partial charge in [0.2, 0.25) is 11.1 Å². The smallest absolute Gasteiger partial charge is 0.234 e. The van der Waals surface area contributed by atoms with E-state index in [1.807, 2.05) is 31.2 Å². The molecule has 3 aromatic rings. The number of anilines is 1. The predicted molar refractivity (Wildman–Crippen MR) is 101 cm³/mol. The van der Waals surface area contributed by atoms with Crippen LogP contribution in [0.4, 0.5) is 5.69 Å². The first-order chi connectivity index (χ1) is 12.0. The van der Waals surface area contributed by atoms with Crippen molar-refractivity contribution in [3.05, 3.63) is 59.1 Å². The Morgan fingerprint density at radius 1 is 1.24 bits per heavy atom. The Balaban J connectivity index is 1.65. The molecule has 0 aliphatic carbocycles. The van der Waals surface area contributed by atoms with E-state index in [-0.39, 0.29) is 11.7 Å². The summed E-state index contributed by atoms with van der Waals surface area (Å²) < 4.78 is 1.39. The molecule has 6 nitrogen and oxygen atoms in total. The van der Waals surface area contributed by atoms with Crippen molar-refractivity contribution in [2.75, 3.05) is 16.9 Å². The minimum atomic E-state index is -0.174. The van der Waals surface area contributed by atoms with E-state index in [9.17, 15) is 4.79 Å². The minimum Gasteiger partial charge on any atom is -0.335 e. The lowest BCUT2D eigenvalue weighted by molar-refractivity contribution is -0.113. The topological polar surface area (TPSA) is 85.8 Å². The van der Waals surface area contributed by atoms with E-state index < -0.39 is 0 Å². The van der Waals surface area contributed by atoms with Crippen molar-refractivity contribution in [3.63, 3.8) is 0 Å². The molecule has 0 aliphatic rings. The third kappa shape index (κ3) is 4.32. The number of rotatable bonds is 5. The molecule has 0 radical (unpaired) electrons. The highest BCUT2D eigenvalue weighted by molar-refractivity contribution is 7.99. The highest BCUT2D eigenvalue weighted by Crippen LogP contribution is 2.22. The number of nitrogen functional groups attached to an aromatic ring is 1. The van der Waals surface area contributed by atoms with Crippen molar-refractivity contribution in [2.24, 2.45) is 0 Å². The fourth-order valence-electron chi connectivity index (χ4n) is 2.25. The minimum absolute atomic E-state index is 0.162. The van der Waals surface area contributed by atoms with E-state index in [4.69, 9.17) is 17.4 Å². The number of benzene rings is 2. The SMILES string of the molecule is Cc1cccc(-c2nnc(SCC(=O)Nc3cccc(Cl)c3)n2N)c1. The average molecular weight is 374 g/mol. The van der Waals surface area contributed by atoms with E-state index in [0.717, 1.165) is 11.1 Å². The number of aryl methyl sites for hydroxylation is 1. The Hall–Kier alpha value is -2.51. The first-order valence-corrected chi connectivity index (χ1v) is 8.85.